The third kappa shape index (κ3) is 3.67. The third-order valence-electron chi connectivity index (χ3n) is 2.58. The van der Waals surface area contributed by atoms with Crippen molar-refractivity contribution in [2.75, 3.05) is 0 Å². The predicted molar refractivity (Wildman–Crippen MR) is 75.0 cm³/mol. The molecule has 0 bridgehead atoms. The van der Waals surface area contributed by atoms with Gasteiger partial charge in [-0.15, -0.1) is 11.8 Å². The summed E-state index contributed by atoms with van der Waals surface area (Å²) in [6, 6.07) is 13.3. The fourth-order valence-corrected chi connectivity index (χ4v) is 2.49. The molecule has 0 N–H and O–H groups in total. The molecule has 0 saturated heterocycles. The van der Waals surface area contributed by atoms with Gasteiger partial charge in [0.2, 0.25) is 0 Å². The van der Waals surface area contributed by atoms with Crippen LogP contribution in [0, 0.1) is 11.3 Å². The van der Waals surface area contributed by atoms with Crippen LogP contribution in [0.15, 0.2) is 47.5 Å². The lowest BCUT2D eigenvalue weighted by Gasteiger charge is -2.03. The second-order valence-electron chi connectivity index (χ2n) is 4.03. The van der Waals surface area contributed by atoms with Gasteiger partial charge in [0.25, 0.3) is 0 Å². The number of thioether (sulfide) groups is 1. The molecule has 0 fully saturated rings. The molecule has 0 spiro atoms. The number of benzene rings is 1. The van der Waals surface area contributed by atoms with E-state index in [0.717, 1.165) is 21.8 Å². The van der Waals surface area contributed by atoms with Crippen LogP contribution in [0.3, 0.4) is 0 Å². The van der Waals surface area contributed by atoms with Crippen molar-refractivity contribution in [2.24, 2.45) is 0 Å². The molecule has 0 atom stereocenters. The molecule has 1 aromatic carbocycles. The quantitative estimate of drug-likeness (QED) is 0.629. The van der Waals surface area contributed by atoms with Crippen LogP contribution in [0.5, 0.6) is 0 Å². The smallest absolute Gasteiger partial charge is 0.159 e. The van der Waals surface area contributed by atoms with E-state index in [9.17, 15) is 4.79 Å². The van der Waals surface area contributed by atoms with Crippen LogP contribution in [0.25, 0.3) is 0 Å². The zero-order valence-electron chi connectivity index (χ0n) is 10.5. The molecule has 0 aliphatic heterocycles. The van der Waals surface area contributed by atoms with Crippen molar-refractivity contribution in [3.8, 4) is 6.07 Å². The van der Waals surface area contributed by atoms with Crippen LogP contribution in [0.2, 0.25) is 0 Å². The van der Waals surface area contributed by atoms with Crippen molar-refractivity contribution in [2.45, 2.75) is 17.6 Å². The molecular weight excluding hydrogens is 256 g/mol. The van der Waals surface area contributed by atoms with Crippen molar-refractivity contribution < 1.29 is 4.79 Å². The van der Waals surface area contributed by atoms with Crippen molar-refractivity contribution in [1.82, 2.24) is 4.98 Å². The Kier molecular flexibility index (Phi) is 4.32. The van der Waals surface area contributed by atoms with Gasteiger partial charge in [0.1, 0.15) is 11.8 Å². The summed E-state index contributed by atoms with van der Waals surface area (Å²) in [5.74, 6) is 0.816. The van der Waals surface area contributed by atoms with Crippen molar-refractivity contribution >= 4 is 17.5 Å². The number of carbonyl (C=O) groups excluding carboxylic acids is 1. The van der Waals surface area contributed by atoms with Gasteiger partial charge in [-0.2, -0.15) is 5.26 Å². The number of nitriles is 1. The minimum absolute atomic E-state index is 0.0677. The molecule has 0 unspecified atom stereocenters. The summed E-state index contributed by atoms with van der Waals surface area (Å²) in [5, 5.41) is 8.79. The van der Waals surface area contributed by atoms with Gasteiger partial charge >= 0.3 is 0 Å². The molecule has 1 aromatic heterocycles. The lowest BCUT2D eigenvalue weighted by Crippen LogP contribution is -1.91. The average Bonchev–Trinajstić information content (AvgIpc) is 2.45. The van der Waals surface area contributed by atoms with Crippen LogP contribution in [-0.2, 0) is 5.75 Å². The Morgan fingerprint density at radius 1 is 1.37 bits per heavy atom. The van der Waals surface area contributed by atoms with Gasteiger partial charge < -0.3 is 0 Å². The topological polar surface area (TPSA) is 53.8 Å². The fourth-order valence-electron chi connectivity index (χ4n) is 1.60. The number of ketones is 1. The lowest BCUT2D eigenvalue weighted by molar-refractivity contribution is 0.101. The number of pyridine rings is 1. The number of Topliss-reactive ketones (excluding diaryl/α,β-unsaturated/α-hetero) is 1. The highest BCUT2D eigenvalue weighted by molar-refractivity contribution is 7.98. The number of hydrogen-bond donors (Lipinski definition) is 0. The number of aromatic nitrogens is 1. The van der Waals surface area contributed by atoms with E-state index in [2.05, 4.69) is 4.98 Å². The van der Waals surface area contributed by atoms with E-state index in [1.165, 1.54) is 0 Å². The maximum atomic E-state index is 11.3. The Labute approximate surface area is 116 Å². The molecule has 0 aliphatic rings. The van der Waals surface area contributed by atoms with E-state index < -0.39 is 0 Å². The highest BCUT2D eigenvalue weighted by Gasteiger charge is 2.02. The molecule has 3 nitrogen and oxygen atoms in total. The van der Waals surface area contributed by atoms with Crippen molar-refractivity contribution in [1.29, 1.82) is 5.26 Å². The largest absolute Gasteiger partial charge is 0.295 e. The average molecular weight is 268 g/mol. The number of carbonyl (C=O) groups is 1. The Balaban J connectivity index is 2.08. The third-order valence-corrected chi connectivity index (χ3v) is 3.65. The number of nitrogens with zero attached hydrogens (tertiary/aromatic N) is 2. The molecule has 19 heavy (non-hydrogen) atoms. The van der Waals surface area contributed by atoms with Gasteiger partial charge in [-0.3, -0.25) is 4.79 Å². The van der Waals surface area contributed by atoms with Crippen LogP contribution < -0.4 is 0 Å². The first kappa shape index (κ1) is 13.3. The summed E-state index contributed by atoms with van der Waals surface area (Å²) in [7, 11) is 0. The minimum Gasteiger partial charge on any atom is -0.295 e. The highest BCUT2D eigenvalue weighted by atomic mass is 32.2. The van der Waals surface area contributed by atoms with Crippen molar-refractivity contribution in [3.05, 3.63) is 59.4 Å². The molecule has 0 amide bonds. The number of hydrogen-bond acceptors (Lipinski definition) is 4. The Hall–Kier alpha value is -2.12. The summed E-state index contributed by atoms with van der Waals surface area (Å²) in [4.78, 5) is 16.3. The van der Waals surface area contributed by atoms with E-state index >= 15 is 0 Å². The Bertz CT molecular complexity index is 647. The Morgan fingerprint density at radius 3 is 2.95 bits per heavy atom. The maximum absolute atomic E-state index is 11.3. The molecular formula is C15H12N2OS. The summed E-state index contributed by atoms with van der Waals surface area (Å²) in [6.07, 6.45) is 1.64. The zero-order valence-corrected chi connectivity index (χ0v) is 11.3. The van der Waals surface area contributed by atoms with Gasteiger partial charge in [-0.25, -0.2) is 4.98 Å². The highest BCUT2D eigenvalue weighted by Crippen LogP contribution is 2.23. The first-order chi connectivity index (χ1) is 9.19. The van der Waals surface area contributed by atoms with E-state index in [1.807, 2.05) is 36.4 Å². The number of rotatable bonds is 4. The van der Waals surface area contributed by atoms with Gasteiger partial charge in [0.05, 0.1) is 0 Å². The molecule has 1 heterocycles. The first-order valence-corrected chi connectivity index (χ1v) is 6.76. The zero-order chi connectivity index (χ0) is 13.7. The molecule has 4 heteroatoms. The normalized spacial score (nSPS) is 9.89. The molecule has 94 valence electrons. The maximum Gasteiger partial charge on any atom is 0.159 e. The summed E-state index contributed by atoms with van der Waals surface area (Å²) in [5.41, 5.74) is 2.19. The van der Waals surface area contributed by atoms with E-state index in [-0.39, 0.29) is 5.78 Å². The molecule has 2 aromatic rings. The van der Waals surface area contributed by atoms with Gasteiger partial charge in [-0.05, 0) is 36.8 Å². The summed E-state index contributed by atoms with van der Waals surface area (Å²) in [6.45, 7) is 1.56. The van der Waals surface area contributed by atoms with Crippen LogP contribution in [0.1, 0.15) is 28.5 Å². The lowest BCUT2D eigenvalue weighted by atomic mass is 10.2. The van der Waals surface area contributed by atoms with Crippen molar-refractivity contribution in [3.63, 3.8) is 0 Å². The molecule has 0 saturated carbocycles. The molecule has 2 rings (SSSR count). The standard InChI is InChI=1S/C15H12N2OS/c1-11(18)13-3-2-4-15(8-13)19-10-12-5-6-17-14(7-12)9-16/h2-8H,10H2,1H3. The molecule has 0 radical (unpaired) electrons. The van der Waals surface area contributed by atoms with E-state index in [4.69, 9.17) is 5.26 Å². The van der Waals surface area contributed by atoms with Gasteiger partial charge in [0, 0.05) is 22.4 Å². The van der Waals surface area contributed by atoms with Crippen LogP contribution in [-0.4, -0.2) is 10.8 Å². The second-order valence-corrected chi connectivity index (χ2v) is 5.08. The van der Waals surface area contributed by atoms with Gasteiger partial charge in [0.15, 0.2) is 5.78 Å². The van der Waals surface area contributed by atoms with E-state index in [1.54, 1.807) is 30.9 Å². The predicted octanol–water partition coefficient (Wildman–Crippen LogP) is 3.45. The van der Waals surface area contributed by atoms with Crippen LogP contribution in [0.4, 0.5) is 0 Å². The van der Waals surface area contributed by atoms with E-state index in [0.29, 0.717) is 5.69 Å². The fraction of sp³-hybridized carbons (Fsp3) is 0.133. The second kappa shape index (κ2) is 6.17. The van der Waals surface area contributed by atoms with Crippen LogP contribution >= 0.6 is 11.8 Å². The molecule has 0 aliphatic carbocycles. The SMILES string of the molecule is CC(=O)c1cccc(SCc2ccnc(C#N)c2)c1. The van der Waals surface area contributed by atoms with Gasteiger partial charge in [-0.1, -0.05) is 12.1 Å². The summed E-state index contributed by atoms with van der Waals surface area (Å²) >= 11 is 1.63. The Morgan fingerprint density at radius 2 is 2.21 bits per heavy atom. The first-order valence-electron chi connectivity index (χ1n) is 5.78. The monoisotopic (exact) mass is 268 g/mol. The summed E-state index contributed by atoms with van der Waals surface area (Å²) < 4.78 is 0. The minimum atomic E-state index is 0.0677.